The van der Waals surface area contributed by atoms with Gasteiger partial charge in [0.25, 0.3) is 0 Å². The maximum Gasteiger partial charge on any atom is 0.305 e. The monoisotopic (exact) mass is 988 g/mol. The summed E-state index contributed by atoms with van der Waals surface area (Å²) in [6.45, 7) is 4.93. The van der Waals surface area contributed by atoms with Gasteiger partial charge in [0.1, 0.15) is 0 Å². The first-order valence-electron chi connectivity index (χ1n) is 32.0. The van der Waals surface area contributed by atoms with Gasteiger partial charge in [-0.05, 0) is 32.1 Å². The molecule has 416 valence electrons. The number of rotatable bonds is 60. The van der Waals surface area contributed by atoms with E-state index in [-0.39, 0.29) is 18.5 Å². The van der Waals surface area contributed by atoms with Crippen LogP contribution in [0.3, 0.4) is 0 Å². The molecule has 0 aliphatic rings. The van der Waals surface area contributed by atoms with Crippen molar-refractivity contribution in [1.82, 2.24) is 5.32 Å². The third kappa shape index (κ3) is 55.9. The summed E-state index contributed by atoms with van der Waals surface area (Å²) in [6.07, 6.45) is 72.5. The van der Waals surface area contributed by atoms with E-state index in [1.165, 1.54) is 289 Å². The lowest BCUT2D eigenvalue weighted by molar-refractivity contribution is -0.143. The van der Waals surface area contributed by atoms with Crippen molar-refractivity contribution in [3.8, 4) is 0 Å². The standard InChI is InChI=1S/C64H125NO5/c1-3-5-7-9-11-13-15-17-19-21-22-23-25-28-32-36-40-44-48-52-56-62(67)61(60-66)65-63(68)57-53-49-45-41-37-33-29-26-27-31-35-39-43-47-51-55-59-70-64(69)58-54-50-46-42-38-34-30-24-20-18-16-14-12-10-8-6-4-2/h52,56,61-62,66-67H,3-51,53-55,57-60H2,1-2H3,(H,65,68)/b56-52+. The number of aliphatic hydroxyl groups is 2. The van der Waals surface area contributed by atoms with Crippen LogP contribution >= 0.6 is 0 Å². The summed E-state index contributed by atoms with van der Waals surface area (Å²) in [5.41, 5.74) is 0. The molecule has 0 aliphatic heterocycles. The fraction of sp³-hybridized carbons (Fsp3) is 0.938. The van der Waals surface area contributed by atoms with Crippen LogP contribution in [0.25, 0.3) is 0 Å². The minimum Gasteiger partial charge on any atom is -0.466 e. The molecule has 0 saturated carbocycles. The number of amides is 1. The highest BCUT2D eigenvalue weighted by Crippen LogP contribution is 2.18. The lowest BCUT2D eigenvalue weighted by atomic mass is 10.0. The predicted molar refractivity (Wildman–Crippen MR) is 306 cm³/mol. The number of hydrogen-bond donors (Lipinski definition) is 3. The quantitative estimate of drug-likeness (QED) is 0.0321. The molecule has 0 aromatic heterocycles. The average Bonchev–Trinajstić information content (AvgIpc) is 3.36. The molecule has 70 heavy (non-hydrogen) atoms. The lowest BCUT2D eigenvalue weighted by Crippen LogP contribution is -2.45. The predicted octanol–water partition coefficient (Wildman–Crippen LogP) is 20.0. The molecule has 0 heterocycles. The van der Waals surface area contributed by atoms with Crippen molar-refractivity contribution >= 4 is 11.9 Å². The Hall–Kier alpha value is -1.40. The van der Waals surface area contributed by atoms with Gasteiger partial charge in [-0.25, -0.2) is 0 Å². The van der Waals surface area contributed by atoms with Crippen LogP contribution in [-0.4, -0.2) is 47.4 Å². The van der Waals surface area contributed by atoms with E-state index in [0.29, 0.717) is 19.4 Å². The Labute approximate surface area is 438 Å². The molecule has 0 radical (unpaired) electrons. The van der Waals surface area contributed by atoms with Crippen molar-refractivity contribution in [2.45, 2.75) is 373 Å². The highest BCUT2D eigenvalue weighted by atomic mass is 16.5. The number of aliphatic hydroxyl groups excluding tert-OH is 2. The van der Waals surface area contributed by atoms with Gasteiger partial charge in [-0.2, -0.15) is 0 Å². The summed E-state index contributed by atoms with van der Waals surface area (Å²) in [6, 6.07) is -0.633. The summed E-state index contributed by atoms with van der Waals surface area (Å²) in [5, 5.41) is 23.2. The maximum absolute atomic E-state index is 12.5. The van der Waals surface area contributed by atoms with Gasteiger partial charge in [0.05, 0.1) is 25.4 Å². The molecule has 6 heteroatoms. The minimum atomic E-state index is -0.849. The number of hydrogen-bond acceptors (Lipinski definition) is 5. The molecule has 0 aromatic carbocycles. The fourth-order valence-electron chi connectivity index (χ4n) is 10.2. The molecular weight excluding hydrogens is 863 g/mol. The summed E-state index contributed by atoms with van der Waals surface area (Å²) >= 11 is 0. The molecule has 0 rings (SSSR count). The van der Waals surface area contributed by atoms with Crippen LogP contribution in [0, 0.1) is 0 Å². The number of unbranched alkanes of at least 4 members (excludes halogenated alkanes) is 49. The van der Waals surface area contributed by atoms with Crippen molar-refractivity contribution in [1.29, 1.82) is 0 Å². The van der Waals surface area contributed by atoms with Crippen LogP contribution in [0.2, 0.25) is 0 Å². The van der Waals surface area contributed by atoms with E-state index < -0.39 is 12.1 Å². The average molecular weight is 989 g/mol. The first-order valence-corrected chi connectivity index (χ1v) is 32.0. The van der Waals surface area contributed by atoms with Gasteiger partial charge >= 0.3 is 5.97 Å². The van der Waals surface area contributed by atoms with E-state index in [1.807, 2.05) is 6.08 Å². The van der Waals surface area contributed by atoms with Crippen LogP contribution in [0.5, 0.6) is 0 Å². The lowest BCUT2D eigenvalue weighted by Gasteiger charge is -2.20. The summed E-state index contributed by atoms with van der Waals surface area (Å²) in [7, 11) is 0. The molecule has 0 aromatic rings. The summed E-state index contributed by atoms with van der Waals surface area (Å²) in [5.74, 6) is -0.0636. The number of esters is 1. The zero-order valence-electron chi connectivity index (χ0n) is 47.5. The molecule has 0 aliphatic carbocycles. The Morgan fingerprint density at radius 3 is 0.971 bits per heavy atom. The molecule has 0 fully saturated rings. The van der Waals surface area contributed by atoms with Crippen molar-refractivity contribution < 1.29 is 24.5 Å². The minimum absolute atomic E-state index is 0.00714. The van der Waals surface area contributed by atoms with Gasteiger partial charge in [0.2, 0.25) is 5.91 Å². The van der Waals surface area contributed by atoms with Gasteiger partial charge in [0.15, 0.2) is 0 Å². The number of nitrogens with one attached hydrogen (secondary N) is 1. The molecule has 6 nitrogen and oxygen atoms in total. The number of carbonyl (C=O) groups is 2. The van der Waals surface area contributed by atoms with Gasteiger partial charge in [0, 0.05) is 12.8 Å². The largest absolute Gasteiger partial charge is 0.466 e. The normalized spacial score (nSPS) is 12.6. The highest BCUT2D eigenvalue weighted by Gasteiger charge is 2.18. The topological polar surface area (TPSA) is 95.9 Å². The van der Waals surface area contributed by atoms with E-state index >= 15 is 0 Å². The molecule has 0 bridgehead atoms. The first-order chi connectivity index (χ1) is 34.5. The smallest absolute Gasteiger partial charge is 0.305 e. The van der Waals surface area contributed by atoms with Gasteiger partial charge < -0.3 is 20.3 Å². The Morgan fingerprint density at radius 2 is 0.657 bits per heavy atom. The van der Waals surface area contributed by atoms with Crippen LogP contribution in [-0.2, 0) is 14.3 Å². The van der Waals surface area contributed by atoms with Crippen molar-refractivity contribution in [3.05, 3.63) is 12.2 Å². The van der Waals surface area contributed by atoms with E-state index in [2.05, 4.69) is 19.2 Å². The van der Waals surface area contributed by atoms with Crippen LogP contribution in [0.1, 0.15) is 361 Å². The second kappa shape index (κ2) is 60.2. The van der Waals surface area contributed by atoms with E-state index in [4.69, 9.17) is 4.74 Å². The maximum atomic E-state index is 12.5. The third-order valence-corrected chi connectivity index (χ3v) is 15.1. The molecular formula is C64H125NO5. The molecule has 2 unspecified atom stereocenters. The zero-order chi connectivity index (χ0) is 50.7. The molecule has 3 N–H and O–H groups in total. The van der Waals surface area contributed by atoms with Gasteiger partial charge in [-0.1, -0.05) is 328 Å². The van der Waals surface area contributed by atoms with E-state index in [0.717, 1.165) is 44.9 Å². The van der Waals surface area contributed by atoms with Crippen LogP contribution < -0.4 is 5.32 Å². The Bertz CT molecular complexity index is 1050. The Balaban J connectivity index is 3.43. The fourth-order valence-corrected chi connectivity index (χ4v) is 10.2. The van der Waals surface area contributed by atoms with E-state index in [1.54, 1.807) is 6.08 Å². The van der Waals surface area contributed by atoms with Gasteiger partial charge in [-0.15, -0.1) is 0 Å². The third-order valence-electron chi connectivity index (χ3n) is 15.1. The van der Waals surface area contributed by atoms with Crippen molar-refractivity contribution in [2.75, 3.05) is 13.2 Å². The van der Waals surface area contributed by atoms with E-state index in [9.17, 15) is 19.8 Å². The molecule has 1 amide bonds. The number of allylic oxidation sites excluding steroid dienone is 1. The second-order valence-electron chi connectivity index (χ2n) is 22.1. The Kier molecular flexibility index (Phi) is 59.0. The molecule has 2 atom stereocenters. The first kappa shape index (κ1) is 68.6. The van der Waals surface area contributed by atoms with Crippen LogP contribution in [0.4, 0.5) is 0 Å². The number of ether oxygens (including phenoxy) is 1. The molecule has 0 saturated heterocycles. The summed E-state index contributed by atoms with van der Waals surface area (Å²) < 4.78 is 5.49. The SMILES string of the molecule is CCCCCCCCCCCCCCCCCCCC/C=C/C(O)C(CO)NC(=O)CCCCCCCCCCCCCCCCCCOC(=O)CCCCCCCCCCCCCCCCCCC. The van der Waals surface area contributed by atoms with Crippen LogP contribution in [0.15, 0.2) is 12.2 Å². The number of carbonyl (C=O) groups excluding carboxylic acids is 2. The van der Waals surface area contributed by atoms with Gasteiger partial charge in [-0.3, -0.25) is 9.59 Å². The summed E-state index contributed by atoms with van der Waals surface area (Å²) in [4.78, 5) is 24.6. The Morgan fingerprint density at radius 1 is 0.386 bits per heavy atom. The van der Waals surface area contributed by atoms with Crippen molar-refractivity contribution in [2.24, 2.45) is 0 Å². The molecule has 0 spiro atoms. The highest BCUT2D eigenvalue weighted by molar-refractivity contribution is 5.76. The zero-order valence-corrected chi connectivity index (χ0v) is 47.5. The second-order valence-corrected chi connectivity index (χ2v) is 22.1. The van der Waals surface area contributed by atoms with Crippen molar-refractivity contribution in [3.63, 3.8) is 0 Å².